The van der Waals surface area contributed by atoms with Crippen molar-refractivity contribution in [1.29, 1.82) is 0 Å². The normalized spacial score (nSPS) is 12.8. The van der Waals surface area contributed by atoms with E-state index in [1.807, 2.05) is 0 Å². The molecule has 0 aliphatic rings. The predicted molar refractivity (Wildman–Crippen MR) is 72.2 cm³/mol. The number of hydrogen-bond acceptors (Lipinski definition) is 2. The molecule has 96 valence electrons. The molecule has 2 aromatic rings. The Morgan fingerprint density at radius 3 is 2.33 bits per heavy atom. The third kappa shape index (κ3) is 2.54. The molecule has 1 aromatic carbocycles. The Morgan fingerprint density at radius 2 is 1.78 bits per heavy atom. The van der Waals surface area contributed by atoms with E-state index in [1.165, 1.54) is 12.1 Å². The summed E-state index contributed by atoms with van der Waals surface area (Å²) < 4.78 is 33.5. The highest BCUT2D eigenvalue weighted by Gasteiger charge is 2.25. The van der Waals surface area contributed by atoms with Crippen molar-refractivity contribution < 1.29 is 18.3 Å². The lowest BCUT2D eigenvalue weighted by Gasteiger charge is -2.11. The first-order valence-electron chi connectivity index (χ1n) is 4.68. The van der Waals surface area contributed by atoms with Gasteiger partial charge in [-0.05, 0) is 66.0 Å². The monoisotopic (exact) mass is 444 g/mol. The van der Waals surface area contributed by atoms with Crippen LogP contribution in [0.3, 0.4) is 0 Å². The second kappa shape index (κ2) is 5.40. The Labute approximate surface area is 126 Å². The minimum absolute atomic E-state index is 0.0321. The first kappa shape index (κ1) is 14.2. The van der Waals surface area contributed by atoms with Gasteiger partial charge in [0.15, 0.2) is 4.67 Å². The van der Waals surface area contributed by atoms with E-state index in [-0.39, 0.29) is 10.2 Å². The van der Waals surface area contributed by atoms with Gasteiger partial charge < -0.3 is 9.52 Å². The van der Waals surface area contributed by atoms with Crippen molar-refractivity contribution in [2.24, 2.45) is 0 Å². The third-order valence-corrected chi connectivity index (χ3v) is 4.61. The van der Waals surface area contributed by atoms with E-state index in [4.69, 9.17) is 4.42 Å². The number of aliphatic hydroxyl groups excluding tert-OH is 1. The quantitative estimate of drug-likeness (QED) is 0.664. The molecule has 0 spiro atoms. The topological polar surface area (TPSA) is 33.4 Å². The molecule has 1 N–H and O–H groups in total. The lowest BCUT2D eigenvalue weighted by molar-refractivity contribution is 0.178. The summed E-state index contributed by atoms with van der Waals surface area (Å²) in [5.74, 6) is -1.66. The molecule has 0 fully saturated rings. The molecule has 0 saturated heterocycles. The molecule has 0 aliphatic heterocycles. The smallest absolute Gasteiger partial charge is 0.183 e. The summed E-state index contributed by atoms with van der Waals surface area (Å²) in [7, 11) is 0. The number of furan rings is 1. The molecule has 1 unspecified atom stereocenters. The Morgan fingerprint density at radius 1 is 1.11 bits per heavy atom. The summed E-state index contributed by atoms with van der Waals surface area (Å²) >= 11 is 9.19. The van der Waals surface area contributed by atoms with Gasteiger partial charge in [-0.25, -0.2) is 8.78 Å². The van der Waals surface area contributed by atoms with Crippen molar-refractivity contribution in [3.05, 3.63) is 54.8 Å². The molecule has 0 aliphatic carbocycles. The average molecular weight is 447 g/mol. The number of hydrogen-bond donors (Lipinski definition) is 1. The summed E-state index contributed by atoms with van der Waals surface area (Å²) in [6.07, 6.45) is -1.52. The van der Waals surface area contributed by atoms with Crippen molar-refractivity contribution in [2.45, 2.75) is 6.10 Å². The predicted octanol–water partition coefficient (Wildman–Crippen LogP) is 4.93. The number of benzene rings is 1. The number of rotatable bonds is 2. The highest BCUT2D eigenvalue weighted by Crippen LogP contribution is 2.35. The Bertz CT molecular complexity index is 579. The Kier molecular flexibility index (Phi) is 4.25. The minimum Gasteiger partial charge on any atom is -0.450 e. The highest BCUT2D eigenvalue weighted by molar-refractivity contribution is 9.13. The summed E-state index contributed by atoms with van der Waals surface area (Å²) in [4.78, 5) is 0. The lowest BCUT2D eigenvalue weighted by atomic mass is 10.1. The molecule has 2 rings (SSSR count). The van der Waals surface area contributed by atoms with Gasteiger partial charge >= 0.3 is 0 Å². The van der Waals surface area contributed by atoms with Crippen molar-refractivity contribution in [1.82, 2.24) is 0 Å². The Hall–Kier alpha value is -0.240. The fourth-order valence-corrected chi connectivity index (χ4v) is 2.39. The van der Waals surface area contributed by atoms with Crippen molar-refractivity contribution in [2.75, 3.05) is 0 Å². The van der Waals surface area contributed by atoms with E-state index in [9.17, 15) is 13.9 Å². The van der Waals surface area contributed by atoms with E-state index in [0.717, 1.165) is 6.07 Å². The van der Waals surface area contributed by atoms with Crippen LogP contribution in [0, 0.1) is 11.6 Å². The fourth-order valence-electron chi connectivity index (χ4n) is 1.43. The Balaban J connectivity index is 2.52. The minimum atomic E-state index is -1.52. The lowest BCUT2D eigenvalue weighted by Crippen LogP contribution is -2.05. The van der Waals surface area contributed by atoms with Gasteiger partial charge in [0.05, 0.1) is 14.5 Å². The number of halogens is 5. The molecule has 1 heterocycles. The summed E-state index contributed by atoms with van der Waals surface area (Å²) in [6, 6.07) is 3.74. The number of aliphatic hydroxyl groups is 1. The van der Waals surface area contributed by atoms with Gasteiger partial charge in [-0.1, -0.05) is 0 Å². The van der Waals surface area contributed by atoms with Crippen LogP contribution < -0.4 is 0 Å². The summed E-state index contributed by atoms with van der Waals surface area (Å²) in [5.41, 5.74) is -0.460. The molecule has 1 aromatic heterocycles. The van der Waals surface area contributed by atoms with Gasteiger partial charge in [0, 0.05) is 0 Å². The van der Waals surface area contributed by atoms with E-state index in [1.54, 1.807) is 0 Å². The second-order valence-corrected chi connectivity index (χ2v) is 5.86. The van der Waals surface area contributed by atoms with Crippen molar-refractivity contribution in [3.8, 4) is 0 Å². The van der Waals surface area contributed by atoms with Gasteiger partial charge in [0.25, 0.3) is 0 Å². The highest BCUT2D eigenvalue weighted by atomic mass is 79.9. The van der Waals surface area contributed by atoms with Crippen LogP contribution in [0.1, 0.15) is 17.4 Å². The van der Waals surface area contributed by atoms with Gasteiger partial charge in [-0.15, -0.1) is 0 Å². The van der Waals surface area contributed by atoms with Gasteiger partial charge in [0.2, 0.25) is 0 Å². The molecule has 18 heavy (non-hydrogen) atoms. The molecule has 7 heteroatoms. The van der Waals surface area contributed by atoms with Gasteiger partial charge in [-0.3, -0.25) is 0 Å². The zero-order valence-electron chi connectivity index (χ0n) is 8.55. The molecular weight excluding hydrogens is 442 g/mol. The van der Waals surface area contributed by atoms with Gasteiger partial charge in [-0.2, -0.15) is 0 Å². The van der Waals surface area contributed by atoms with Crippen LogP contribution >= 0.6 is 47.8 Å². The van der Waals surface area contributed by atoms with E-state index >= 15 is 0 Å². The largest absolute Gasteiger partial charge is 0.450 e. The fraction of sp³-hybridized carbons (Fsp3) is 0.0909. The standard InChI is InChI=1S/C11H5Br3F2O2/c12-4-1-2-6(15)8(9(4)16)10(17)7-3-5(13)11(14)18-7/h1-3,10,17H. The molecule has 0 radical (unpaired) electrons. The third-order valence-electron chi connectivity index (χ3n) is 2.29. The molecule has 1 atom stereocenters. The SMILES string of the molecule is OC(c1cc(Br)c(Br)o1)c1c(F)ccc(Br)c1F. The maximum Gasteiger partial charge on any atom is 0.183 e. The van der Waals surface area contributed by atoms with Crippen LogP contribution in [0.25, 0.3) is 0 Å². The van der Waals surface area contributed by atoms with Crippen LogP contribution in [-0.2, 0) is 0 Å². The summed E-state index contributed by atoms with van der Waals surface area (Å²) in [5, 5.41) is 9.98. The maximum atomic E-state index is 13.8. The average Bonchev–Trinajstić information content (AvgIpc) is 2.65. The second-order valence-electron chi connectivity index (χ2n) is 3.43. The van der Waals surface area contributed by atoms with Crippen LogP contribution in [0.15, 0.2) is 36.2 Å². The van der Waals surface area contributed by atoms with Crippen LogP contribution in [-0.4, -0.2) is 5.11 Å². The van der Waals surface area contributed by atoms with Gasteiger partial charge in [0.1, 0.15) is 23.5 Å². The molecule has 0 bridgehead atoms. The van der Waals surface area contributed by atoms with Crippen LogP contribution in [0.2, 0.25) is 0 Å². The summed E-state index contributed by atoms with van der Waals surface area (Å²) in [6.45, 7) is 0. The molecule has 0 amide bonds. The molecule has 2 nitrogen and oxygen atoms in total. The van der Waals surface area contributed by atoms with E-state index in [2.05, 4.69) is 47.8 Å². The molecular formula is C11H5Br3F2O2. The van der Waals surface area contributed by atoms with Crippen LogP contribution in [0.4, 0.5) is 8.78 Å². The van der Waals surface area contributed by atoms with E-state index in [0.29, 0.717) is 9.14 Å². The molecule has 0 saturated carbocycles. The first-order chi connectivity index (χ1) is 8.41. The van der Waals surface area contributed by atoms with Crippen molar-refractivity contribution >= 4 is 47.8 Å². The van der Waals surface area contributed by atoms with E-state index < -0.39 is 23.3 Å². The maximum absolute atomic E-state index is 13.8. The van der Waals surface area contributed by atoms with Crippen molar-refractivity contribution in [3.63, 3.8) is 0 Å². The zero-order chi connectivity index (χ0) is 13.4. The zero-order valence-corrected chi connectivity index (χ0v) is 13.3. The van der Waals surface area contributed by atoms with Crippen LogP contribution in [0.5, 0.6) is 0 Å². The first-order valence-corrected chi connectivity index (χ1v) is 7.06.